The van der Waals surface area contributed by atoms with Gasteiger partial charge in [0.15, 0.2) is 0 Å². The van der Waals surface area contributed by atoms with Gasteiger partial charge in [-0.25, -0.2) is 4.39 Å². The van der Waals surface area contributed by atoms with Crippen molar-refractivity contribution in [3.05, 3.63) is 29.1 Å². The van der Waals surface area contributed by atoms with Gasteiger partial charge in [-0.2, -0.15) is 0 Å². The minimum absolute atomic E-state index is 0.104. The van der Waals surface area contributed by atoms with Crippen LogP contribution >= 0.6 is 0 Å². The summed E-state index contributed by atoms with van der Waals surface area (Å²) in [7, 11) is 0. The van der Waals surface area contributed by atoms with Crippen molar-refractivity contribution in [3.63, 3.8) is 0 Å². The fourth-order valence-electron chi connectivity index (χ4n) is 2.06. The molecule has 0 heterocycles. The van der Waals surface area contributed by atoms with Crippen LogP contribution in [0, 0.1) is 18.7 Å². The maximum Gasteiger partial charge on any atom is 0.126 e. The Morgan fingerprint density at radius 2 is 1.83 bits per heavy atom. The van der Waals surface area contributed by atoms with Crippen LogP contribution in [0.3, 0.4) is 0 Å². The summed E-state index contributed by atoms with van der Waals surface area (Å²) in [5.41, 5.74) is 7.18. The van der Waals surface area contributed by atoms with Crippen LogP contribution in [0.5, 0.6) is 5.75 Å². The largest absolute Gasteiger partial charge is 0.490 e. The summed E-state index contributed by atoms with van der Waals surface area (Å²) >= 11 is 0. The molecule has 18 heavy (non-hydrogen) atoms. The molecule has 1 rings (SSSR count). The second-order valence-corrected chi connectivity index (χ2v) is 5.49. The lowest BCUT2D eigenvalue weighted by molar-refractivity contribution is 0.190. The molecule has 1 aromatic carbocycles. The minimum Gasteiger partial charge on any atom is -0.490 e. The van der Waals surface area contributed by atoms with E-state index in [0.29, 0.717) is 17.2 Å². The Morgan fingerprint density at radius 3 is 2.33 bits per heavy atom. The molecule has 0 aliphatic rings. The lowest BCUT2D eigenvalue weighted by Crippen LogP contribution is -2.17. The van der Waals surface area contributed by atoms with Gasteiger partial charge in [0, 0.05) is 11.6 Å². The van der Waals surface area contributed by atoms with E-state index >= 15 is 0 Å². The van der Waals surface area contributed by atoms with Crippen LogP contribution in [0.2, 0.25) is 0 Å². The summed E-state index contributed by atoms with van der Waals surface area (Å²) in [4.78, 5) is 0. The molecule has 2 nitrogen and oxygen atoms in total. The normalized spacial score (nSPS) is 14.7. The van der Waals surface area contributed by atoms with E-state index in [1.807, 2.05) is 13.8 Å². The van der Waals surface area contributed by atoms with E-state index in [0.717, 1.165) is 12.0 Å². The average molecular weight is 253 g/mol. The molecule has 0 spiro atoms. The Kier molecular flexibility index (Phi) is 5.15. The molecule has 0 aliphatic carbocycles. The number of hydrogen-bond acceptors (Lipinski definition) is 2. The van der Waals surface area contributed by atoms with Crippen molar-refractivity contribution >= 4 is 0 Å². The number of halogens is 1. The second kappa shape index (κ2) is 6.19. The molecule has 0 bridgehead atoms. The van der Waals surface area contributed by atoms with E-state index in [1.165, 1.54) is 6.07 Å². The molecular formula is C15H24FNO. The fourth-order valence-corrected chi connectivity index (χ4v) is 2.06. The number of rotatable bonds is 5. The highest BCUT2D eigenvalue weighted by Crippen LogP contribution is 2.28. The third kappa shape index (κ3) is 3.98. The summed E-state index contributed by atoms with van der Waals surface area (Å²) in [6.45, 7) is 9.92. The molecule has 0 saturated heterocycles. The standard InChI is InChI=1S/C15H24FNO/c1-9(2)6-11(4)18-15-7-10(3)14(16)8-13(15)12(5)17/h7-9,11-12H,6,17H2,1-5H3. The van der Waals surface area contributed by atoms with Gasteiger partial charge in [0.25, 0.3) is 0 Å². The first-order chi connectivity index (χ1) is 8.31. The van der Waals surface area contributed by atoms with Crippen LogP contribution in [-0.4, -0.2) is 6.10 Å². The molecule has 1 aromatic rings. The zero-order chi connectivity index (χ0) is 13.9. The van der Waals surface area contributed by atoms with Gasteiger partial charge in [-0.3, -0.25) is 0 Å². The monoisotopic (exact) mass is 253 g/mol. The van der Waals surface area contributed by atoms with Crippen molar-refractivity contribution < 1.29 is 9.13 Å². The van der Waals surface area contributed by atoms with Crippen molar-refractivity contribution in [2.45, 2.75) is 53.2 Å². The molecule has 0 radical (unpaired) electrons. The highest BCUT2D eigenvalue weighted by atomic mass is 19.1. The first-order valence-electron chi connectivity index (χ1n) is 6.53. The fraction of sp³-hybridized carbons (Fsp3) is 0.600. The van der Waals surface area contributed by atoms with Crippen LogP contribution in [0.15, 0.2) is 12.1 Å². The van der Waals surface area contributed by atoms with Crippen LogP contribution in [0.1, 0.15) is 51.3 Å². The van der Waals surface area contributed by atoms with Gasteiger partial charge in [0.2, 0.25) is 0 Å². The minimum atomic E-state index is -0.235. The number of hydrogen-bond donors (Lipinski definition) is 1. The summed E-state index contributed by atoms with van der Waals surface area (Å²) in [6, 6.07) is 2.99. The third-order valence-electron chi connectivity index (χ3n) is 2.91. The number of aryl methyl sites for hydroxylation is 1. The Balaban J connectivity index is 2.96. The Hall–Kier alpha value is -1.09. The van der Waals surface area contributed by atoms with Crippen molar-refractivity contribution in [1.29, 1.82) is 0 Å². The lowest BCUT2D eigenvalue weighted by atomic mass is 10.0. The van der Waals surface area contributed by atoms with Gasteiger partial charge in [0.1, 0.15) is 11.6 Å². The molecule has 0 aliphatic heterocycles. The second-order valence-electron chi connectivity index (χ2n) is 5.49. The van der Waals surface area contributed by atoms with E-state index in [2.05, 4.69) is 13.8 Å². The summed E-state index contributed by atoms with van der Waals surface area (Å²) in [5.74, 6) is 1.04. The predicted molar refractivity (Wildman–Crippen MR) is 73.3 cm³/mol. The van der Waals surface area contributed by atoms with Crippen molar-refractivity contribution in [3.8, 4) is 5.75 Å². The van der Waals surface area contributed by atoms with Crippen molar-refractivity contribution in [2.75, 3.05) is 0 Å². The first kappa shape index (κ1) is 15.0. The number of ether oxygens (including phenoxy) is 1. The SMILES string of the molecule is Cc1cc(OC(C)CC(C)C)c(C(C)N)cc1F. The topological polar surface area (TPSA) is 35.2 Å². The number of benzene rings is 1. The van der Waals surface area contributed by atoms with Crippen LogP contribution < -0.4 is 10.5 Å². The van der Waals surface area contributed by atoms with Crippen molar-refractivity contribution in [1.82, 2.24) is 0 Å². The van der Waals surface area contributed by atoms with E-state index < -0.39 is 0 Å². The quantitative estimate of drug-likeness (QED) is 0.861. The molecule has 2 atom stereocenters. The molecule has 102 valence electrons. The van der Waals surface area contributed by atoms with E-state index in [9.17, 15) is 4.39 Å². The van der Waals surface area contributed by atoms with Gasteiger partial charge in [-0.15, -0.1) is 0 Å². The van der Waals surface area contributed by atoms with E-state index in [-0.39, 0.29) is 18.0 Å². The van der Waals surface area contributed by atoms with E-state index in [1.54, 1.807) is 13.0 Å². The zero-order valence-corrected chi connectivity index (χ0v) is 12.0. The number of nitrogens with two attached hydrogens (primary N) is 1. The molecule has 0 amide bonds. The van der Waals surface area contributed by atoms with Crippen LogP contribution in [0.25, 0.3) is 0 Å². The van der Waals surface area contributed by atoms with Crippen LogP contribution in [0.4, 0.5) is 4.39 Å². The molecule has 0 saturated carbocycles. The molecular weight excluding hydrogens is 229 g/mol. The molecule has 3 heteroatoms. The molecule has 2 unspecified atom stereocenters. The van der Waals surface area contributed by atoms with Gasteiger partial charge < -0.3 is 10.5 Å². The smallest absolute Gasteiger partial charge is 0.126 e. The Labute approximate surface area is 109 Å². The molecule has 0 aromatic heterocycles. The van der Waals surface area contributed by atoms with Crippen molar-refractivity contribution in [2.24, 2.45) is 11.7 Å². The summed E-state index contributed by atoms with van der Waals surface area (Å²) in [5, 5.41) is 0. The summed E-state index contributed by atoms with van der Waals surface area (Å²) in [6.07, 6.45) is 1.07. The van der Waals surface area contributed by atoms with E-state index in [4.69, 9.17) is 10.5 Å². The zero-order valence-electron chi connectivity index (χ0n) is 12.0. The van der Waals surface area contributed by atoms with Gasteiger partial charge in [0.05, 0.1) is 6.10 Å². The summed E-state index contributed by atoms with van der Waals surface area (Å²) < 4.78 is 19.5. The van der Waals surface area contributed by atoms with Gasteiger partial charge >= 0.3 is 0 Å². The molecule has 2 N–H and O–H groups in total. The maximum absolute atomic E-state index is 13.6. The predicted octanol–water partition coefficient (Wildman–Crippen LogP) is 3.97. The van der Waals surface area contributed by atoms with Gasteiger partial charge in [-0.05, 0) is 50.8 Å². The molecule has 0 fully saturated rings. The van der Waals surface area contributed by atoms with Crippen LogP contribution in [-0.2, 0) is 0 Å². The lowest BCUT2D eigenvalue weighted by Gasteiger charge is -2.21. The average Bonchev–Trinajstić information content (AvgIpc) is 2.21. The third-order valence-corrected chi connectivity index (χ3v) is 2.91. The van der Waals surface area contributed by atoms with Gasteiger partial charge in [-0.1, -0.05) is 13.8 Å². The highest BCUT2D eigenvalue weighted by Gasteiger charge is 2.15. The highest BCUT2D eigenvalue weighted by molar-refractivity contribution is 5.40. The Morgan fingerprint density at radius 1 is 1.22 bits per heavy atom. The maximum atomic E-state index is 13.6. The first-order valence-corrected chi connectivity index (χ1v) is 6.53. The Bertz CT molecular complexity index is 402.